The maximum absolute atomic E-state index is 13.7. The molecule has 0 spiro atoms. The molecule has 158 valence electrons. The van der Waals surface area contributed by atoms with Crippen molar-refractivity contribution in [3.05, 3.63) is 106 Å². The van der Waals surface area contributed by atoms with Gasteiger partial charge in [0.15, 0.2) is 0 Å². The molecule has 1 N–H and O–H groups in total. The lowest BCUT2D eigenvalue weighted by molar-refractivity contribution is -0.143. The van der Waals surface area contributed by atoms with Gasteiger partial charge >= 0.3 is 0 Å². The van der Waals surface area contributed by atoms with Gasteiger partial charge < -0.3 is 0 Å². The summed E-state index contributed by atoms with van der Waals surface area (Å²) in [6, 6.07) is 22.5. The SMILES string of the molecule is CC12c3ccccc3C(c3ccccc31)[C@@H]1C(=O)N(NC(=O)c3cccc(Cl)c3)C(=O)[C@@H]12. The number of hydrogen-bond acceptors (Lipinski definition) is 3. The average molecular weight is 443 g/mol. The number of halogens is 1. The van der Waals surface area contributed by atoms with Gasteiger partial charge in [-0.3, -0.25) is 19.8 Å². The van der Waals surface area contributed by atoms with Crippen LogP contribution in [0.5, 0.6) is 0 Å². The molecule has 1 aliphatic heterocycles. The minimum Gasteiger partial charge on any atom is -0.272 e. The quantitative estimate of drug-likeness (QED) is 0.609. The van der Waals surface area contributed by atoms with Gasteiger partial charge in [0.25, 0.3) is 17.7 Å². The van der Waals surface area contributed by atoms with Gasteiger partial charge in [0.2, 0.25) is 0 Å². The highest BCUT2D eigenvalue weighted by Gasteiger charge is 2.66. The predicted octanol–water partition coefficient (Wildman–Crippen LogP) is 4.05. The first-order valence-corrected chi connectivity index (χ1v) is 10.9. The highest BCUT2D eigenvalue weighted by atomic mass is 35.5. The molecule has 3 aliphatic carbocycles. The number of benzene rings is 3. The molecule has 0 radical (unpaired) electrons. The molecule has 2 atom stereocenters. The van der Waals surface area contributed by atoms with E-state index in [-0.39, 0.29) is 23.3 Å². The number of nitrogens with one attached hydrogen (secondary N) is 1. The summed E-state index contributed by atoms with van der Waals surface area (Å²) in [6.07, 6.45) is 0. The zero-order valence-corrected chi connectivity index (χ0v) is 18.0. The van der Waals surface area contributed by atoms with Gasteiger partial charge in [-0.15, -0.1) is 0 Å². The second-order valence-corrected chi connectivity index (χ2v) is 9.26. The third-order valence-electron chi connectivity index (χ3n) is 7.34. The minimum atomic E-state index is -0.658. The van der Waals surface area contributed by atoms with Crippen molar-refractivity contribution in [1.82, 2.24) is 10.4 Å². The minimum absolute atomic E-state index is 0.223. The fourth-order valence-electron chi connectivity index (χ4n) is 6.06. The van der Waals surface area contributed by atoms with Crippen LogP contribution in [0.15, 0.2) is 72.8 Å². The van der Waals surface area contributed by atoms with Crippen molar-refractivity contribution in [3.8, 4) is 0 Å². The molecule has 1 fully saturated rings. The normalized spacial score (nSPS) is 27.1. The highest BCUT2D eigenvalue weighted by Crippen LogP contribution is 2.63. The van der Waals surface area contributed by atoms with Gasteiger partial charge in [0.05, 0.1) is 11.8 Å². The van der Waals surface area contributed by atoms with Crippen LogP contribution in [0.2, 0.25) is 5.02 Å². The standard InChI is InChI=1S/C26H19ClN2O3/c1-26-18-11-4-2-9-16(18)20(17-10-3-5-12-19(17)26)21-22(26)25(32)29(24(21)31)28-23(30)14-7-6-8-15(27)13-14/h2-13,20-22H,1H3,(H,28,30)/t20?,21-,22+,26?/m0/s1. The van der Waals surface area contributed by atoms with Gasteiger partial charge in [0.1, 0.15) is 0 Å². The van der Waals surface area contributed by atoms with E-state index in [0.29, 0.717) is 5.02 Å². The molecule has 4 aliphatic rings. The summed E-state index contributed by atoms with van der Waals surface area (Å²) in [4.78, 5) is 40.1. The van der Waals surface area contributed by atoms with Crippen LogP contribution >= 0.6 is 11.6 Å². The second kappa shape index (κ2) is 6.53. The molecule has 5 nitrogen and oxygen atoms in total. The molecule has 3 aromatic carbocycles. The van der Waals surface area contributed by atoms with Crippen molar-refractivity contribution < 1.29 is 14.4 Å². The van der Waals surface area contributed by atoms with Crippen LogP contribution in [0, 0.1) is 11.8 Å². The van der Waals surface area contributed by atoms with Crippen LogP contribution in [-0.2, 0) is 15.0 Å². The Bertz CT molecular complexity index is 1290. The number of carbonyl (C=O) groups is 3. The molecular formula is C26H19ClN2O3. The molecule has 32 heavy (non-hydrogen) atoms. The monoisotopic (exact) mass is 442 g/mol. The van der Waals surface area contributed by atoms with Gasteiger partial charge in [0, 0.05) is 21.9 Å². The zero-order valence-electron chi connectivity index (χ0n) is 17.2. The third-order valence-corrected chi connectivity index (χ3v) is 7.58. The van der Waals surface area contributed by atoms with Gasteiger partial charge in [-0.05, 0) is 40.5 Å². The molecule has 0 unspecified atom stereocenters. The maximum atomic E-state index is 13.7. The Morgan fingerprint density at radius 2 is 1.53 bits per heavy atom. The lowest BCUT2D eigenvalue weighted by Crippen LogP contribution is -2.52. The number of imide groups is 1. The first kappa shape index (κ1) is 19.3. The van der Waals surface area contributed by atoms with Crippen LogP contribution < -0.4 is 5.43 Å². The summed E-state index contributed by atoms with van der Waals surface area (Å²) < 4.78 is 0. The number of rotatable bonds is 2. The zero-order chi connectivity index (χ0) is 22.2. The first-order chi connectivity index (χ1) is 15.4. The molecule has 0 saturated carbocycles. The smallest absolute Gasteiger partial charge is 0.270 e. The van der Waals surface area contributed by atoms with E-state index in [0.717, 1.165) is 27.3 Å². The Morgan fingerprint density at radius 3 is 2.16 bits per heavy atom. The van der Waals surface area contributed by atoms with Crippen LogP contribution in [0.1, 0.15) is 45.5 Å². The van der Waals surface area contributed by atoms with Crippen molar-refractivity contribution in [2.24, 2.45) is 11.8 Å². The fraction of sp³-hybridized carbons (Fsp3) is 0.192. The molecule has 0 aromatic heterocycles. The van der Waals surface area contributed by atoms with E-state index >= 15 is 0 Å². The summed E-state index contributed by atoms with van der Waals surface area (Å²) in [7, 11) is 0. The Morgan fingerprint density at radius 1 is 0.906 bits per heavy atom. The van der Waals surface area contributed by atoms with Crippen molar-refractivity contribution >= 4 is 29.3 Å². The maximum Gasteiger partial charge on any atom is 0.270 e. The van der Waals surface area contributed by atoms with Crippen molar-refractivity contribution in [2.45, 2.75) is 18.3 Å². The first-order valence-electron chi connectivity index (χ1n) is 10.6. The predicted molar refractivity (Wildman–Crippen MR) is 119 cm³/mol. The summed E-state index contributed by atoms with van der Waals surface area (Å²) in [5.74, 6) is -2.64. The number of hydrazine groups is 1. The average Bonchev–Trinajstić information content (AvgIpc) is 3.05. The van der Waals surface area contributed by atoms with E-state index in [2.05, 4.69) is 29.7 Å². The Kier molecular flexibility index (Phi) is 3.93. The molecule has 1 heterocycles. The molecule has 7 rings (SSSR count). The lowest BCUT2D eigenvalue weighted by Gasteiger charge is -2.52. The Balaban J connectivity index is 1.46. The van der Waals surface area contributed by atoms with Crippen LogP contribution in [0.25, 0.3) is 0 Å². The molecule has 6 heteroatoms. The summed E-state index contributed by atoms with van der Waals surface area (Å²) in [5.41, 5.74) is 6.50. The molecule has 3 amide bonds. The van der Waals surface area contributed by atoms with E-state index in [1.807, 2.05) is 31.2 Å². The number of amides is 3. The van der Waals surface area contributed by atoms with E-state index < -0.39 is 23.2 Å². The van der Waals surface area contributed by atoms with Gasteiger partial charge in [-0.25, -0.2) is 0 Å². The van der Waals surface area contributed by atoms with Crippen LogP contribution in [0.4, 0.5) is 0 Å². The molecule has 1 saturated heterocycles. The summed E-state index contributed by atoms with van der Waals surface area (Å²) >= 11 is 6.00. The van der Waals surface area contributed by atoms with Crippen LogP contribution in [-0.4, -0.2) is 22.7 Å². The van der Waals surface area contributed by atoms with Crippen molar-refractivity contribution in [1.29, 1.82) is 0 Å². The van der Waals surface area contributed by atoms with Crippen molar-refractivity contribution in [3.63, 3.8) is 0 Å². The topological polar surface area (TPSA) is 66.5 Å². The van der Waals surface area contributed by atoms with E-state index in [1.54, 1.807) is 18.2 Å². The lowest BCUT2D eigenvalue weighted by atomic mass is 9.48. The molecule has 3 aromatic rings. The van der Waals surface area contributed by atoms with Crippen molar-refractivity contribution in [2.75, 3.05) is 0 Å². The number of hydrogen-bond donors (Lipinski definition) is 1. The largest absolute Gasteiger partial charge is 0.272 e. The van der Waals surface area contributed by atoms with Gasteiger partial charge in [-0.2, -0.15) is 5.01 Å². The summed E-state index contributed by atoms with van der Waals surface area (Å²) in [5, 5.41) is 1.34. The number of carbonyl (C=O) groups excluding carboxylic acids is 3. The summed E-state index contributed by atoms with van der Waals surface area (Å²) in [6.45, 7) is 2.05. The number of nitrogens with zero attached hydrogens (tertiary/aromatic N) is 1. The van der Waals surface area contributed by atoms with E-state index in [4.69, 9.17) is 11.6 Å². The Labute approximate surface area is 190 Å². The Hall–Kier alpha value is -3.44. The second-order valence-electron chi connectivity index (χ2n) is 8.82. The van der Waals surface area contributed by atoms with E-state index in [9.17, 15) is 14.4 Å². The third kappa shape index (κ3) is 2.32. The van der Waals surface area contributed by atoms with E-state index in [1.165, 1.54) is 6.07 Å². The van der Waals surface area contributed by atoms with Gasteiger partial charge in [-0.1, -0.05) is 73.1 Å². The fourth-order valence-corrected chi connectivity index (χ4v) is 6.25. The highest BCUT2D eigenvalue weighted by molar-refractivity contribution is 6.31. The molecule has 2 bridgehead atoms. The van der Waals surface area contributed by atoms with Crippen LogP contribution in [0.3, 0.4) is 0 Å². The molecular weight excluding hydrogens is 424 g/mol.